The SMILES string of the molecule is Cl.N=C(N)NCC1CCC(C(=O)Nc2ccccc2C(=O)O)CC1.O. The largest absolute Gasteiger partial charge is 0.478 e. The molecule has 1 aliphatic carbocycles. The fourth-order valence-corrected chi connectivity index (χ4v) is 2.90. The van der Waals surface area contributed by atoms with Crippen molar-refractivity contribution in [2.24, 2.45) is 17.6 Å². The zero-order valence-corrected chi connectivity index (χ0v) is 14.6. The van der Waals surface area contributed by atoms with E-state index in [1.807, 2.05) is 0 Å². The first-order chi connectivity index (χ1) is 11.0. The number of nitrogens with two attached hydrogens (primary N) is 1. The summed E-state index contributed by atoms with van der Waals surface area (Å²) < 4.78 is 0. The number of hydrogen-bond donors (Lipinski definition) is 5. The topological polar surface area (TPSA) is 160 Å². The molecule has 1 aliphatic rings. The number of rotatable bonds is 5. The molecule has 0 heterocycles. The molecule has 8 nitrogen and oxygen atoms in total. The fourth-order valence-electron chi connectivity index (χ4n) is 2.90. The van der Waals surface area contributed by atoms with Crippen molar-refractivity contribution in [1.29, 1.82) is 5.41 Å². The first-order valence-electron chi connectivity index (χ1n) is 7.68. The van der Waals surface area contributed by atoms with Gasteiger partial charge >= 0.3 is 5.97 Å². The van der Waals surface area contributed by atoms with E-state index in [1.54, 1.807) is 18.2 Å². The summed E-state index contributed by atoms with van der Waals surface area (Å²) in [6.07, 6.45) is 3.29. The molecule has 1 saturated carbocycles. The Morgan fingerprint density at radius 2 is 1.80 bits per heavy atom. The van der Waals surface area contributed by atoms with Crippen molar-refractivity contribution in [3.05, 3.63) is 29.8 Å². The Kier molecular flexibility index (Phi) is 9.55. The zero-order valence-electron chi connectivity index (χ0n) is 13.7. The van der Waals surface area contributed by atoms with Crippen molar-refractivity contribution < 1.29 is 20.2 Å². The monoisotopic (exact) mass is 372 g/mol. The van der Waals surface area contributed by atoms with Gasteiger partial charge < -0.3 is 26.9 Å². The number of nitrogens with one attached hydrogen (secondary N) is 3. The van der Waals surface area contributed by atoms with Gasteiger partial charge in [0.05, 0.1) is 11.3 Å². The second-order valence-corrected chi connectivity index (χ2v) is 5.85. The Labute approximate surface area is 152 Å². The van der Waals surface area contributed by atoms with Crippen molar-refractivity contribution in [3.63, 3.8) is 0 Å². The summed E-state index contributed by atoms with van der Waals surface area (Å²) >= 11 is 0. The minimum absolute atomic E-state index is 0. The maximum absolute atomic E-state index is 12.3. The van der Waals surface area contributed by atoms with Crippen molar-refractivity contribution in [2.75, 3.05) is 11.9 Å². The van der Waals surface area contributed by atoms with Gasteiger partial charge in [0, 0.05) is 12.5 Å². The molecular formula is C16H25ClN4O4. The number of benzene rings is 1. The summed E-state index contributed by atoms with van der Waals surface area (Å²) in [5, 5.41) is 21.8. The Morgan fingerprint density at radius 1 is 1.20 bits per heavy atom. The second kappa shape index (κ2) is 10.5. The number of para-hydroxylation sites is 1. The number of aromatic carboxylic acids is 1. The number of carbonyl (C=O) groups is 2. The van der Waals surface area contributed by atoms with E-state index in [4.69, 9.17) is 16.2 Å². The third kappa shape index (κ3) is 6.60. The van der Waals surface area contributed by atoms with Gasteiger partial charge in [0.15, 0.2) is 5.96 Å². The summed E-state index contributed by atoms with van der Waals surface area (Å²) in [5.41, 5.74) is 5.71. The number of carboxylic acid groups (broad SMARTS) is 1. The lowest BCUT2D eigenvalue weighted by molar-refractivity contribution is -0.121. The quantitative estimate of drug-likeness (QED) is 0.387. The summed E-state index contributed by atoms with van der Waals surface area (Å²) in [4.78, 5) is 23.5. The molecule has 0 radical (unpaired) electrons. The molecule has 0 atom stereocenters. The van der Waals surface area contributed by atoms with E-state index in [-0.39, 0.29) is 41.2 Å². The second-order valence-electron chi connectivity index (χ2n) is 5.85. The van der Waals surface area contributed by atoms with Crippen LogP contribution in [-0.2, 0) is 4.79 Å². The van der Waals surface area contributed by atoms with Crippen molar-refractivity contribution in [3.8, 4) is 0 Å². The van der Waals surface area contributed by atoms with Gasteiger partial charge in [0.25, 0.3) is 0 Å². The van der Waals surface area contributed by atoms with Crippen molar-refractivity contribution >= 4 is 35.9 Å². The lowest BCUT2D eigenvalue weighted by Gasteiger charge is -2.28. The number of halogens is 1. The standard InChI is InChI=1S/C16H22N4O3.ClH.H2O/c17-16(18)19-9-10-5-7-11(8-6-10)14(21)20-13-4-2-1-3-12(13)15(22)23;;/h1-4,10-11H,5-9H2,(H,20,21)(H,22,23)(H4,17,18,19);1H;1H2. The molecule has 140 valence electrons. The van der Waals surface area contributed by atoms with E-state index in [2.05, 4.69) is 10.6 Å². The van der Waals surface area contributed by atoms with E-state index in [0.29, 0.717) is 18.2 Å². The van der Waals surface area contributed by atoms with Crippen LogP contribution in [0.1, 0.15) is 36.0 Å². The molecule has 1 aromatic carbocycles. The summed E-state index contributed by atoms with van der Waals surface area (Å²) in [5.74, 6) is -0.911. The van der Waals surface area contributed by atoms with E-state index in [0.717, 1.165) is 25.7 Å². The third-order valence-corrected chi connectivity index (χ3v) is 4.21. The Hall–Kier alpha value is -2.32. The molecule has 25 heavy (non-hydrogen) atoms. The fraction of sp³-hybridized carbons (Fsp3) is 0.438. The predicted octanol–water partition coefficient (Wildman–Crippen LogP) is 1.21. The minimum atomic E-state index is -1.06. The van der Waals surface area contributed by atoms with E-state index < -0.39 is 5.97 Å². The highest BCUT2D eigenvalue weighted by Gasteiger charge is 2.27. The van der Waals surface area contributed by atoms with Gasteiger partial charge in [0.1, 0.15) is 0 Å². The van der Waals surface area contributed by atoms with Crippen LogP contribution < -0.4 is 16.4 Å². The van der Waals surface area contributed by atoms with Gasteiger partial charge in [-0.05, 0) is 43.7 Å². The van der Waals surface area contributed by atoms with E-state index in [9.17, 15) is 9.59 Å². The Balaban J connectivity index is 0.00000288. The van der Waals surface area contributed by atoms with Crippen LogP contribution >= 0.6 is 12.4 Å². The van der Waals surface area contributed by atoms with Gasteiger partial charge in [0.2, 0.25) is 5.91 Å². The normalized spacial score (nSPS) is 18.9. The van der Waals surface area contributed by atoms with E-state index in [1.165, 1.54) is 6.07 Å². The van der Waals surface area contributed by atoms with Crippen molar-refractivity contribution in [2.45, 2.75) is 25.7 Å². The maximum atomic E-state index is 12.3. The number of anilines is 1. The highest BCUT2D eigenvalue weighted by molar-refractivity contribution is 6.01. The third-order valence-electron chi connectivity index (χ3n) is 4.21. The van der Waals surface area contributed by atoms with Crippen LogP contribution in [0.3, 0.4) is 0 Å². The Bertz CT molecular complexity index is 604. The number of guanidine groups is 1. The first-order valence-corrected chi connectivity index (χ1v) is 7.68. The molecule has 9 heteroatoms. The van der Waals surface area contributed by atoms with E-state index >= 15 is 0 Å². The van der Waals surface area contributed by atoms with Gasteiger partial charge in [-0.25, -0.2) is 4.79 Å². The molecule has 0 saturated heterocycles. The summed E-state index contributed by atoms with van der Waals surface area (Å²) in [6.45, 7) is 0.658. The summed E-state index contributed by atoms with van der Waals surface area (Å²) in [6, 6.07) is 6.41. The lowest BCUT2D eigenvalue weighted by atomic mass is 9.81. The summed E-state index contributed by atoms with van der Waals surface area (Å²) in [7, 11) is 0. The highest BCUT2D eigenvalue weighted by Crippen LogP contribution is 2.29. The van der Waals surface area contributed by atoms with Crippen LogP contribution in [0.5, 0.6) is 0 Å². The molecule has 0 bridgehead atoms. The molecule has 2 rings (SSSR count). The molecule has 0 spiro atoms. The number of hydrogen-bond acceptors (Lipinski definition) is 3. The van der Waals surface area contributed by atoms with Gasteiger partial charge in [-0.3, -0.25) is 10.2 Å². The number of amides is 1. The average molecular weight is 373 g/mol. The molecule has 0 unspecified atom stereocenters. The maximum Gasteiger partial charge on any atom is 0.337 e. The lowest BCUT2D eigenvalue weighted by Crippen LogP contribution is -2.36. The van der Waals surface area contributed by atoms with Gasteiger partial charge in [-0.1, -0.05) is 12.1 Å². The average Bonchev–Trinajstić information content (AvgIpc) is 2.53. The van der Waals surface area contributed by atoms with Gasteiger partial charge in [-0.15, -0.1) is 12.4 Å². The van der Waals surface area contributed by atoms with Crippen LogP contribution in [0.4, 0.5) is 5.69 Å². The highest BCUT2D eigenvalue weighted by atomic mass is 35.5. The van der Waals surface area contributed by atoms with Crippen LogP contribution in [0.15, 0.2) is 24.3 Å². The van der Waals surface area contributed by atoms with Crippen molar-refractivity contribution in [1.82, 2.24) is 5.32 Å². The molecule has 8 N–H and O–H groups in total. The molecule has 1 fully saturated rings. The Morgan fingerprint density at radius 3 is 2.36 bits per heavy atom. The number of carbonyl (C=O) groups excluding carboxylic acids is 1. The minimum Gasteiger partial charge on any atom is -0.478 e. The van der Waals surface area contributed by atoms with Crippen LogP contribution in [0.2, 0.25) is 0 Å². The molecule has 1 amide bonds. The number of carboxylic acids is 1. The molecule has 1 aromatic rings. The van der Waals surface area contributed by atoms with Gasteiger partial charge in [-0.2, -0.15) is 0 Å². The molecule has 0 aliphatic heterocycles. The first kappa shape index (κ1) is 22.7. The molecule has 0 aromatic heterocycles. The predicted molar refractivity (Wildman–Crippen MR) is 98.3 cm³/mol. The van der Waals surface area contributed by atoms with Crippen LogP contribution in [-0.4, -0.2) is 35.0 Å². The molecular weight excluding hydrogens is 348 g/mol. The van der Waals surface area contributed by atoms with Crippen LogP contribution in [0, 0.1) is 17.2 Å². The zero-order chi connectivity index (χ0) is 16.8. The van der Waals surface area contributed by atoms with Crippen LogP contribution in [0.25, 0.3) is 0 Å². The smallest absolute Gasteiger partial charge is 0.337 e.